The van der Waals surface area contributed by atoms with Gasteiger partial charge in [0.05, 0.1) is 0 Å². The fraction of sp³-hybridized carbons (Fsp3) is 0.500. The van der Waals surface area contributed by atoms with Gasteiger partial charge in [0, 0.05) is 19.1 Å². The van der Waals surface area contributed by atoms with Gasteiger partial charge in [-0.05, 0) is 38.5 Å². The Bertz CT molecular complexity index is 483. The first-order chi connectivity index (χ1) is 8.24. The maximum Gasteiger partial charge on any atom is 0.279 e. The van der Waals surface area contributed by atoms with Crippen LogP contribution >= 0.6 is 0 Å². The monoisotopic (exact) mass is 272 g/mol. The molecule has 0 bridgehead atoms. The highest BCUT2D eigenvalue weighted by atomic mass is 32.2. The van der Waals surface area contributed by atoms with Crippen molar-refractivity contribution in [3.63, 3.8) is 0 Å². The van der Waals surface area contributed by atoms with Gasteiger partial charge in [-0.2, -0.15) is 17.4 Å². The normalized spacial score (nSPS) is 14.1. The summed E-state index contributed by atoms with van der Waals surface area (Å²) in [5.41, 5.74) is 0.824. The highest BCUT2D eigenvalue weighted by Gasteiger charge is 2.24. The standard InChI is InChI=1S/C12H20N2O3S/c1-9(2)13-18(16,17)14(4)10(3)11-5-7-12(15)8-6-11/h5-10,13,15H,1-4H3. The highest BCUT2D eigenvalue weighted by Crippen LogP contribution is 2.22. The van der Waals surface area contributed by atoms with Crippen LogP contribution in [-0.2, 0) is 10.2 Å². The van der Waals surface area contributed by atoms with Gasteiger partial charge in [-0.3, -0.25) is 0 Å². The van der Waals surface area contributed by atoms with E-state index in [0.717, 1.165) is 5.56 Å². The minimum Gasteiger partial charge on any atom is -0.508 e. The molecule has 0 saturated heterocycles. The molecule has 0 heterocycles. The second-order valence-electron chi connectivity index (χ2n) is 4.56. The predicted octanol–water partition coefficient (Wildman–Crippen LogP) is 1.63. The molecule has 0 spiro atoms. The predicted molar refractivity (Wildman–Crippen MR) is 71.5 cm³/mol. The zero-order chi connectivity index (χ0) is 13.9. The Morgan fingerprint density at radius 2 is 1.67 bits per heavy atom. The summed E-state index contributed by atoms with van der Waals surface area (Å²) < 4.78 is 27.8. The molecule has 1 aromatic rings. The first-order valence-corrected chi connectivity index (χ1v) is 7.22. The van der Waals surface area contributed by atoms with Gasteiger partial charge in [-0.15, -0.1) is 0 Å². The molecule has 6 heteroatoms. The van der Waals surface area contributed by atoms with Gasteiger partial charge in [0.15, 0.2) is 0 Å². The number of hydrogen-bond donors (Lipinski definition) is 2. The number of nitrogens with zero attached hydrogens (tertiary/aromatic N) is 1. The SMILES string of the molecule is CC(C)NS(=O)(=O)N(C)C(C)c1ccc(O)cc1. The topological polar surface area (TPSA) is 69.6 Å². The summed E-state index contributed by atoms with van der Waals surface area (Å²) in [5, 5.41) is 9.21. The number of hydrogen-bond acceptors (Lipinski definition) is 3. The number of benzene rings is 1. The molecule has 0 aliphatic rings. The molecule has 18 heavy (non-hydrogen) atoms. The van der Waals surface area contributed by atoms with Gasteiger partial charge in [0.1, 0.15) is 5.75 Å². The fourth-order valence-corrected chi connectivity index (χ4v) is 2.85. The maximum atomic E-state index is 12.0. The molecule has 0 saturated carbocycles. The number of phenols is 1. The van der Waals surface area contributed by atoms with E-state index in [0.29, 0.717) is 0 Å². The van der Waals surface area contributed by atoms with E-state index in [1.165, 1.54) is 11.4 Å². The van der Waals surface area contributed by atoms with Gasteiger partial charge < -0.3 is 5.11 Å². The van der Waals surface area contributed by atoms with Crippen LogP contribution in [0.1, 0.15) is 32.4 Å². The fourth-order valence-electron chi connectivity index (χ4n) is 1.55. The molecule has 0 aliphatic heterocycles. The van der Waals surface area contributed by atoms with E-state index in [-0.39, 0.29) is 17.8 Å². The average molecular weight is 272 g/mol. The van der Waals surface area contributed by atoms with E-state index in [9.17, 15) is 13.5 Å². The van der Waals surface area contributed by atoms with Crippen LogP contribution in [0, 0.1) is 0 Å². The molecule has 0 aromatic heterocycles. The van der Waals surface area contributed by atoms with Crippen LogP contribution in [0.2, 0.25) is 0 Å². The third-order valence-electron chi connectivity index (χ3n) is 2.68. The van der Waals surface area contributed by atoms with Crippen molar-refractivity contribution in [2.24, 2.45) is 0 Å². The molecular formula is C12H20N2O3S. The Kier molecular flexibility index (Phi) is 4.72. The van der Waals surface area contributed by atoms with E-state index in [2.05, 4.69) is 4.72 Å². The Hall–Kier alpha value is -1.11. The lowest BCUT2D eigenvalue weighted by atomic mass is 10.1. The van der Waals surface area contributed by atoms with E-state index in [4.69, 9.17) is 0 Å². The summed E-state index contributed by atoms with van der Waals surface area (Å²) in [5.74, 6) is 0.164. The van der Waals surface area contributed by atoms with Gasteiger partial charge >= 0.3 is 0 Å². The second kappa shape index (κ2) is 5.69. The van der Waals surface area contributed by atoms with E-state index < -0.39 is 10.2 Å². The quantitative estimate of drug-likeness (QED) is 0.856. The van der Waals surface area contributed by atoms with Crippen LogP contribution in [0.25, 0.3) is 0 Å². The van der Waals surface area contributed by atoms with Crippen molar-refractivity contribution in [1.82, 2.24) is 9.03 Å². The van der Waals surface area contributed by atoms with E-state index >= 15 is 0 Å². The smallest absolute Gasteiger partial charge is 0.279 e. The molecule has 1 aromatic carbocycles. The molecule has 2 N–H and O–H groups in total. The maximum absolute atomic E-state index is 12.0. The summed E-state index contributed by atoms with van der Waals surface area (Å²) >= 11 is 0. The first-order valence-electron chi connectivity index (χ1n) is 5.78. The minimum atomic E-state index is -3.50. The van der Waals surface area contributed by atoms with Crippen LogP contribution in [0.5, 0.6) is 5.75 Å². The van der Waals surface area contributed by atoms with Gasteiger partial charge in [0.2, 0.25) is 0 Å². The molecule has 5 nitrogen and oxygen atoms in total. The number of rotatable bonds is 5. The van der Waals surface area contributed by atoms with Crippen molar-refractivity contribution in [1.29, 1.82) is 0 Å². The molecule has 1 atom stereocenters. The third-order valence-corrected chi connectivity index (χ3v) is 4.53. The summed E-state index contributed by atoms with van der Waals surface area (Å²) in [6, 6.07) is 6.05. The summed E-state index contributed by atoms with van der Waals surface area (Å²) in [4.78, 5) is 0. The van der Waals surface area contributed by atoms with Gasteiger partial charge in [0.25, 0.3) is 10.2 Å². The lowest BCUT2D eigenvalue weighted by Crippen LogP contribution is -2.42. The van der Waals surface area contributed by atoms with Crippen molar-refractivity contribution >= 4 is 10.2 Å². The molecular weight excluding hydrogens is 252 g/mol. The van der Waals surface area contributed by atoms with Crippen molar-refractivity contribution in [3.05, 3.63) is 29.8 Å². The van der Waals surface area contributed by atoms with Crippen LogP contribution in [0.4, 0.5) is 0 Å². The van der Waals surface area contributed by atoms with Crippen LogP contribution in [0.3, 0.4) is 0 Å². The van der Waals surface area contributed by atoms with Crippen molar-refractivity contribution in [3.8, 4) is 5.75 Å². The number of aromatic hydroxyl groups is 1. The number of nitrogens with one attached hydrogen (secondary N) is 1. The average Bonchev–Trinajstić information content (AvgIpc) is 2.26. The van der Waals surface area contributed by atoms with E-state index in [1.807, 2.05) is 0 Å². The van der Waals surface area contributed by atoms with Crippen LogP contribution in [0.15, 0.2) is 24.3 Å². The molecule has 1 rings (SSSR count). The van der Waals surface area contributed by atoms with Crippen molar-refractivity contribution < 1.29 is 13.5 Å². The van der Waals surface area contributed by atoms with Crippen molar-refractivity contribution in [2.45, 2.75) is 32.9 Å². The largest absolute Gasteiger partial charge is 0.508 e. The third kappa shape index (κ3) is 3.69. The Morgan fingerprint density at radius 1 is 1.17 bits per heavy atom. The molecule has 0 fully saturated rings. The zero-order valence-electron chi connectivity index (χ0n) is 11.1. The van der Waals surface area contributed by atoms with Gasteiger partial charge in [-0.25, -0.2) is 0 Å². The second-order valence-corrected chi connectivity index (χ2v) is 6.32. The van der Waals surface area contributed by atoms with Crippen LogP contribution in [-0.4, -0.2) is 30.9 Å². The van der Waals surface area contributed by atoms with Gasteiger partial charge in [-0.1, -0.05) is 12.1 Å². The molecule has 0 aliphatic carbocycles. The summed E-state index contributed by atoms with van der Waals surface area (Å²) in [6.45, 7) is 5.35. The lowest BCUT2D eigenvalue weighted by molar-refractivity contribution is 0.387. The first kappa shape index (κ1) is 14.9. The minimum absolute atomic E-state index is 0.149. The zero-order valence-corrected chi connectivity index (χ0v) is 11.9. The van der Waals surface area contributed by atoms with Crippen LogP contribution < -0.4 is 4.72 Å². The lowest BCUT2D eigenvalue weighted by Gasteiger charge is -2.25. The molecule has 1 unspecified atom stereocenters. The molecule has 0 amide bonds. The Balaban J connectivity index is 2.90. The Morgan fingerprint density at radius 3 is 2.11 bits per heavy atom. The van der Waals surface area contributed by atoms with E-state index in [1.54, 1.807) is 45.0 Å². The molecule has 0 radical (unpaired) electrons. The number of phenolic OH excluding ortho intramolecular Hbond substituents is 1. The highest BCUT2D eigenvalue weighted by molar-refractivity contribution is 7.87. The van der Waals surface area contributed by atoms with Crippen molar-refractivity contribution in [2.75, 3.05) is 7.05 Å². The summed E-state index contributed by atoms with van der Waals surface area (Å²) in [7, 11) is -1.97. The summed E-state index contributed by atoms with van der Waals surface area (Å²) in [6.07, 6.45) is 0. The Labute approximate surface area is 109 Å². The molecule has 102 valence electrons.